The number of hydrogen-bond donors (Lipinski definition) is 3. The van der Waals surface area contributed by atoms with Crippen LogP contribution in [0.3, 0.4) is 0 Å². The number of carbonyl (C=O) groups excluding carboxylic acids is 1. The Bertz CT molecular complexity index is 961. The molecule has 8 nitrogen and oxygen atoms in total. The molecular formula is C20H23N5O3. The van der Waals surface area contributed by atoms with Gasteiger partial charge < -0.3 is 15.4 Å². The van der Waals surface area contributed by atoms with Crippen LogP contribution < -0.4 is 5.32 Å². The van der Waals surface area contributed by atoms with Gasteiger partial charge in [-0.3, -0.25) is 9.59 Å². The number of amides is 1. The molecule has 0 radical (unpaired) electrons. The molecular weight excluding hydrogens is 358 g/mol. The minimum atomic E-state index is -0.250. The lowest BCUT2D eigenvalue weighted by Gasteiger charge is -2.07. The van der Waals surface area contributed by atoms with Crippen LogP contribution in [0.15, 0.2) is 30.3 Å². The van der Waals surface area contributed by atoms with Gasteiger partial charge in [0, 0.05) is 28.2 Å². The van der Waals surface area contributed by atoms with Crippen LogP contribution in [0.2, 0.25) is 0 Å². The zero-order valence-corrected chi connectivity index (χ0v) is 16.3. The SMILES string of the molecule is Cc1cc(C)nc(CNC(=O)c2cccc(-c3nc(C)[nH]c3C)c2)n1.O=CO. The first-order valence-electron chi connectivity index (χ1n) is 8.65. The van der Waals surface area contributed by atoms with Gasteiger partial charge in [-0.25, -0.2) is 15.0 Å². The Labute approximate surface area is 163 Å². The van der Waals surface area contributed by atoms with Crippen molar-refractivity contribution in [3.63, 3.8) is 0 Å². The molecule has 3 N–H and O–H groups in total. The van der Waals surface area contributed by atoms with Crippen LogP contribution in [0.25, 0.3) is 11.3 Å². The maximum Gasteiger partial charge on any atom is 0.290 e. The Morgan fingerprint density at radius 1 is 1.11 bits per heavy atom. The van der Waals surface area contributed by atoms with Crippen LogP contribution in [0.5, 0.6) is 0 Å². The summed E-state index contributed by atoms with van der Waals surface area (Å²) < 4.78 is 0. The molecule has 0 saturated carbocycles. The molecule has 2 aromatic heterocycles. The first-order valence-corrected chi connectivity index (χ1v) is 8.65. The number of hydrogen-bond acceptors (Lipinski definition) is 5. The Morgan fingerprint density at radius 3 is 2.32 bits per heavy atom. The second kappa shape index (κ2) is 9.40. The van der Waals surface area contributed by atoms with Gasteiger partial charge in [0.25, 0.3) is 12.4 Å². The van der Waals surface area contributed by atoms with E-state index in [4.69, 9.17) is 9.90 Å². The molecule has 2 heterocycles. The van der Waals surface area contributed by atoms with E-state index in [0.717, 1.165) is 34.2 Å². The van der Waals surface area contributed by atoms with Gasteiger partial charge in [-0.1, -0.05) is 12.1 Å². The van der Waals surface area contributed by atoms with Crippen LogP contribution in [0, 0.1) is 27.7 Å². The molecule has 3 aromatic rings. The van der Waals surface area contributed by atoms with Gasteiger partial charge in [0.05, 0.1) is 12.2 Å². The van der Waals surface area contributed by atoms with Gasteiger partial charge in [0.15, 0.2) is 0 Å². The van der Waals surface area contributed by atoms with Crippen LogP contribution in [-0.2, 0) is 11.3 Å². The van der Waals surface area contributed by atoms with Gasteiger partial charge >= 0.3 is 0 Å². The molecule has 1 aromatic carbocycles. The van der Waals surface area contributed by atoms with E-state index in [-0.39, 0.29) is 12.4 Å². The molecule has 0 aliphatic rings. The fourth-order valence-electron chi connectivity index (χ4n) is 2.84. The summed E-state index contributed by atoms with van der Waals surface area (Å²) in [7, 11) is 0. The van der Waals surface area contributed by atoms with Gasteiger partial charge in [0.2, 0.25) is 0 Å². The van der Waals surface area contributed by atoms with Crippen LogP contribution in [0.4, 0.5) is 0 Å². The van der Waals surface area contributed by atoms with E-state index in [9.17, 15) is 4.79 Å². The molecule has 3 rings (SSSR count). The molecule has 28 heavy (non-hydrogen) atoms. The lowest BCUT2D eigenvalue weighted by atomic mass is 10.1. The summed E-state index contributed by atoms with van der Waals surface area (Å²) in [6.45, 7) is 7.76. The smallest absolute Gasteiger partial charge is 0.290 e. The number of carbonyl (C=O) groups is 2. The van der Waals surface area contributed by atoms with Crippen molar-refractivity contribution in [2.75, 3.05) is 0 Å². The number of rotatable bonds is 4. The maximum atomic E-state index is 12.5. The minimum Gasteiger partial charge on any atom is -0.483 e. The third-order valence-corrected chi connectivity index (χ3v) is 3.84. The van der Waals surface area contributed by atoms with Crippen molar-refractivity contribution < 1.29 is 14.7 Å². The lowest BCUT2D eigenvalue weighted by molar-refractivity contribution is -0.122. The van der Waals surface area contributed by atoms with Gasteiger partial charge in [0.1, 0.15) is 11.6 Å². The number of aryl methyl sites for hydroxylation is 4. The lowest BCUT2D eigenvalue weighted by Crippen LogP contribution is -2.24. The van der Waals surface area contributed by atoms with Crippen LogP contribution in [-0.4, -0.2) is 37.4 Å². The molecule has 0 aliphatic carbocycles. The van der Waals surface area contributed by atoms with Gasteiger partial charge in [-0.2, -0.15) is 0 Å². The van der Waals surface area contributed by atoms with E-state index in [0.29, 0.717) is 17.9 Å². The standard InChI is InChI=1S/C19H21N5O.CH2O2/c1-11-8-12(2)22-17(21-11)10-20-19(25)16-7-5-6-15(9-16)18-13(3)23-14(4)24-18;2-1-3/h5-9H,10H2,1-4H3,(H,20,25)(H,23,24);1H,(H,2,3). The highest BCUT2D eigenvalue weighted by atomic mass is 16.3. The second-order valence-corrected chi connectivity index (χ2v) is 6.23. The van der Waals surface area contributed by atoms with Crippen molar-refractivity contribution >= 4 is 12.4 Å². The highest BCUT2D eigenvalue weighted by Gasteiger charge is 2.11. The molecule has 0 saturated heterocycles. The zero-order chi connectivity index (χ0) is 20.7. The molecule has 0 atom stereocenters. The van der Waals surface area contributed by atoms with E-state index in [1.54, 1.807) is 6.07 Å². The average Bonchev–Trinajstić information content (AvgIpc) is 2.98. The highest BCUT2D eigenvalue weighted by molar-refractivity contribution is 5.95. The summed E-state index contributed by atoms with van der Waals surface area (Å²) in [5.74, 6) is 1.31. The van der Waals surface area contributed by atoms with Crippen molar-refractivity contribution in [1.29, 1.82) is 0 Å². The number of aromatic amines is 1. The Hall–Kier alpha value is -3.55. The highest BCUT2D eigenvalue weighted by Crippen LogP contribution is 2.22. The number of carboxylic acid groups (broad SMARTS) is 1. The van der Waals surface area contributed by atoms with Crippen molar-refractivity contribution in [3.05, 3.63) is 64.6 Å². The molecule has 0 unspecified atom stereocenters. The quantitative estimate of drug-likeness (QED) is 0.598. The molecule has 0 spiro atoms. The van der Waals surface area contributed by atoms with Gasteiger partial charge in [-0.15, -0.1) is 0 Å². The zero-order valence-electron chi connectivity index (χ0n) is 16.3. The third kappa shape index (κ3) is 5.47. The summed E-state index contributed by atoms with van der Waals surface area (Å²) in [6, 6.07) is 9.35. The predicted octanol–water partition coefficient (Wildman–Crippen LogP) is 2.73. The van der Waals surface area contributed by atoms with E-state index < -0.39 is 0 Å². The third-order valence-electron chi connectivity index (χ3n) is 3.84. The summed E-state index contributed by atoms with van der Waals surface area (Å²) in [5.41, 5.74) is 5.13. The number of nitrogens with one attached hydrogen (secondary N) is 2. The fourth-order valence-corrected chi connectivity index (χ4v) is 2.84. The van der Waals surface area contributed by atoms with Crippen LogP contribution >= 0.6 is 0 Å². The molecule has 0 fully saturated rings. The maximum absolute atomic E-state index is 12.5. The molecule has 8 heteroatoms. The van der Waals surface area contributed by atoms with E-state index >= 15 is 0 Å². The molecule has 146 valence electrons. The number of H-pyrrole nitrogens is 1. The van der Waals surface area contributed by atoms with Gasteiger partial charge in [-0.05, 0) is 45.9 Å². The van der Waals surface area contributed by atoms with Crippen LogP contribution in [0.1, 0.15) is 39.1 Å². The average molecular weight is 381 g/mol. The summed E-state index contributed by atoms with van der Waals surface area (Å²) in [5, 5.41) is 9.76. The Kier molecular flexibility index (Phi) is 6.97. The first-order chi connectivity index (χ1) is 13.3. The van der Waals surface area contributed by atoms with Crippen molar-refractivity contribution in [1.82, 2.24) is 25.3 Å². The fraction of sp³-hybridized carbons (Fsp3) is 0.250. The van der Waals surface area contributed by atoms with Crippen molar-refractivity contribution in [2.45, 2.75) is 34.2 Å². The summed E-state index contributed by atoms with van der Waals surface area (Å²) >= 11 is 0. The number of aromatic nitrogens is 4. The van der Waals surface area contributed by atoms with E-state index in [1.165, 1.54) is 0 Å². The van der Waals surface area contributed by atoms with Crippen molar-refractivity contribution in [3.8, 4) is 11.3 Å². The number of nitrogens with zero attached hydrogens (tertiary/aromatic N) is 3. The predicted molar refractivity (Wildman–Crippen MR) is 105 cm³/mol. The Balaban J connectivity index is 0.000000878. The van der Waals surface area contributed by atoms with E-state index in [1.807, 2.05) is 52.0 Å². The van der Waals surface area contributed by atoms with Crippen molar-refractivity contribution in [2.24, 2.45) is 0 Å². The monoisotopic (exact) mass is 381 g/mol. The second-order valence-electron chi connectivity index (χ2n) is 6.23. The molecule has 0 bridgehead atoms. The topological polar surface area (TPSA) is 121 Å². The molecule has 1 amide bonds. The summed E-state index contributed by atoms with van der Waals surface area (Å²) in [4.78, 5) is 37.2. The normalized spacial score (nSPS) is 10.0. The molecule has 0 aliphatic heterocycles. The van der Waals surface area contributed by atoms with E-state index in [2.05, 4.69) is 25.3 Å². The minimum absolute atomic E-state index is 0.158. The number of imidazole rings is 1. The largest absolute Gasteiger partial charge is 0.483 e. The first kappa shape index (κ1) is 20.8. The summed E-state index contributed by atoms with van der Waals surface area (Å²) in [6.07, 6.45) is 0. The Morgan fingerprint density at radius 2 is 1.75 bits per heavy atom. The number of benzene rings is 1.